The zero-order valence-corrected chi connectivity index (χ0v) is 22.3. The highest BCUT2D eigenvalue weighted by molar-refractivity contribution is 7.18. The van der Waals surface area contributed by atoms with Crippen LogP contribution in [0.3, 0.4) is 0 Å². The number of carbonyl (C=O) groups excluding carboxylic acids is 1. The number of hydrogen-bond donors (Lipinski definition) is 2. The summed E-state index contributed by atoms with van der Waals surface area (Å²) in [4.78, 5) is 16.8. The van der Waals surface area contributed by atoms with Crippen molar-refractivity contribution in [1.29, 1.82) is 5.26 Å². The van der Waals surface area contributed by atoms with E-state index >= 15 is 0 Å². The maximum atomic E-state index is 14.6. The van der Waals surface area contributed by atoms with Gasteiger partial charge in [0.05, 0.1) is 28.1 Å². The van der Waals surface area contributed by atoms with Crippen molar-refractivity contribution in [3.63, 3.8) is 0 Å². The lowest BCUT2D eigenvalue weighted by atomic mass is 10.00. The fourth-order valence-electron chi connectivity index (χ4n) is 4.85. The van der Waals surface area contributed by atoms with Gasteiger partial charge in [0, 0.05) is 29.6 Å². The average Bonchev–Trinajstić information content (AvgIpc) is 3.52. The summed E-state index contributed by atoms with van der Waals surface area (Å²) in [5.74, 6) is -0.651. The Morgan fingerprint density at radius 3 is 2.76 bits per heavy atom. The van der Waals surface area contributed by atoms with Crippen molar-refractivity contribution >= 4 is 28.3 Å². The van der Waals surface area contributed by atoms with Crippen molar-refractivity contribution in [2.45, 2.75) is 44.9 Å². The van der Waals surface area contributed by atoms with E-state index in [1.54, 1.807) is 24.6 Å². The van der Waals surface area contributed by atoms with Crippen LogP contribution >= 0.6 is 11.3 Å². The van der Waals surface area contributed by atoms with Crippen molar-refractivity contribution in [2.24, 2.45) is 0 Å². The number of aromatic nitrogens is 3. The number of amides is 1. The van der Waals surface area contributed by atoms with Gasteiger partial charge in [0.15, 0.2) is 0 Å². The predicted octanol–water partition coefficient (Wildman–Crippen LogP) is 4.43. The van der Waals surface area contributed by atoms with E-state index in [4.69, 9.17) is 0 Å². The molecule has 0 aliphatic carbocycles. The summed E-state index contributed by atoms with van der Waals surface area (Å²) in [6.07, 6.45) is 1.96. The summed E-state index contributed by atoms with van der Waals surface area (Å²) in [6, 6.07) is 14.2. The van der Waals surface area contributed by atoms with E-state index in [1.165, 1.54) is 23.5 Å². The van der Waals surface area contributed by atoms with E-state index in [9.17, 15) is 19.6 Å². The van der Waals surface area contributed by atoms with Crippen LogP contribution in [0.5, 0.6) is 0 Å². The number of halogens is 1. The Kier molecular flexibility index (Phi) is 7.01. The van der Waals surface area contributed by atoms with E-state index in [0.717, 1.165) is 28.8 Å². The van der Waals surface area contributed by atoms with Gasteiger partial charge in [-0.05, 0) is 75.2 Å². The molecule has 2 aromatic heterocycles. The lowest BCUT2D eigenvalue weighted by Gasteiger charge is -2.32. The van der Waals surface area contributed by atoms with Gasteiger partial charge in [-0.1, -0.05) is 17.3 Å². The Hall–Kier alpha value is -3.65. The summed E-state index contributed by atoms with van der Waals surface area (Å²) < 4.78 is 16.3. The molecule has 8 nitrogen and oxygen atoms in total. The fourth-order valence-corrected chi connectivity index (χ4v) is 5.99. The second-order valence-electron chi connectivity index (χ2n) is 10.3. The van der Waals surface area contributed by atoms with Crippen LogP contribution in [0.1, 0.15) is 41.9 Å². The molecule has 0 bridgehead atoms. The first kappa shape index (κ1) is 26.0. The Labute approximate surface area is 224 Å². The van der Waals surface area contributed by atoms with E-state index in [1.807, 2.05) is 42.3 Å². The maximum Gasteiger partial charge on any atom is 0.264 e. The fraction of sp³-hybridized carbons (Fsp3) is 0.357. The predicted molar refractivity (Wildman–Crippen MR) is 145 cm³/mol. The number of nitrogens with one attached hydrogen (secondary N) is 1. The van der Waals surface area contributed by atoms with Crippen LogP contribution in [0.4, 0.5) is 4.39 Å². The van der Waals surface area contributed by atoms with Crippen LogP contribution in [-0.2, 0) is 6.54 Å². The second-order valence-corrected chi connectivity index (χ2v) is 11.4. The molecule has 0 radical (unpaired) electrons. The number of piperidine rings is 1. The number of benzene rings is 2. The van der Waals surface area contributed by atoms with E-state index in [-0.39, 0.29) is 17.5 Å². The third kappa shape index (κ3) is 5.18. The normalized spacial score (nSPS) is 16.1. The summed E-state index contributed by atoms with van der Waals surface area (Å²) in [5.41, 5.74) is 2.58. The number of thiophene rings is 1. The highest BCUT2D eigenvalue weighted by Crippen LogP contribution is 2.41. The van der Waals surface area contributed by atoms with Gasteiger partial charge in [-0.2, -0.15) is 5.26 Å². The first-order chi connectivity index (χ1) is 18.2. The molecule has 2 aromatic carbocycles. The summed E-state index contributed by atoms with van der Waals surface area (Å²) in [5, 5.41) is 31.2. The number of nitrogens with zero attached hydrogens (tertiary/aromatic N) is 5. The van der Waals surface area contributed by atoms with Crippen LogP contribution in [0.25, 0.3) is 32.6 Å². The molecule has 1 aliphatic heterocycles. The quantitative estimate of drug-likeness (QED) is 0.380. The zero-order chi connectivity index (χ0) is 27.0. The Morgan fingerprint density at radius 1 is 1.26 bits per heavy atom. The largest absolute Gasteiger partial charge is 0.389 e. The lowest BCUT2D eigenvalue weighted by molar-refractivity contribution is 0.0584. The smallest absolute Gasteiger partial charge is 0.264 e. The van der Waals surface area contributed by atoms with E-state index in [0.29, 0.717) is 41.2 Å². The van der Waals surface area contributed by atoms with Crippen LogP contribution in [0.2, 0.25) is 0 Å². The number of likely N-dealkylation sites (N-methyl/N-ethyl adjacent to an activating group) is 1. The molecule has 10 heteroatoms. The zero-order valence-electron chi connectivity index (χ0n) is 21.5. The third-order valence-corrected chi connectivity index (χ3v) is 7.95. The van der Waals surface area contributed by atoms with Crippen LogP contribution in [-0.4, -0.2) is 62.7 Å². The van der Waals surface area contributed by atoms with Crippen LogP contribution < -0.4 is 5.32 Å². The third-order valence-electron chi connectivity index (χ3n) is 6.77. The number of hydrogen-bond acceptors (Lipinski definition) is 7. The van der Waals surface area contributed by atoms with Gasteiger partial charge in [-0.15, -0.1) is 16.4 Å². The average molecular weight is 533 g/mol. The molecule has 4 aromatic rings. The number of rotatable bonds is 6. The first-order valence-corrected chi connectivity index (χ1v) is 13.3. The second kappa shape index (κ2) is 10.3. The van der Waals surface area contributed by atoms with E-state index in [2.05, 4.69) is 15.6 Å². The van der Waals surface area contributed by atoms with Gasteiger partial charge in [0.2, 0.25) is 0 Å². The Bertz CT molecular complexity index is 1550. The van der Waals surface area contributed by atoms with Crippen molar-refractivity contribution in [3.8, 4) is 27.6 Å². The molecular weight excluding hydrogens is 503 g/mol. The molecule has 1 unspecified atom stereocenters. The molecule has 3 heterocycles. The molecule has 1 atom stereocenters. The molecule has 196 valence electrons. The van der Waals surface area contributed by atoms with Gasteiger partial charge in [-0.3, -0.25) is 4.79 Å². The van der Waals surface area contributed by atoms with Gasteiger partial charge in [-0.25, -0.2) is 9.07 Å². The van der Waals surface area contributed by atoms with E-state index < -0.39 is 11.4 Å². The monoisotopic (exact) mass is 532 g/mol. The van der Waals surface area contributed by atoms with Gasteiger partial charge in [0.25, 0.3) is 5.91 Å². The molecule has 1 saturated heterocycles. The molecule has 5 rings (SSSR count). The molecule has 1 aliphatic rings. The summed E-state index contributed by atoms with van der Waals surface area (Å²) >= 11 is 1.37. The van der Waals surface area contributed by atoms with Gasteiger partial charge >= 0.3 is 0 Å². The molecular formula is C28H29FN6O2S. The van der Waals surface area contributed by atoms with Crippen molar-refractivity contribution in [2.75, 3.05) is 20.1 Å². The Balaban J connectivity index is 1.58. The van der Waals surface area contributed by atoms with Crippen LogP contribution in [0, 0.1) is 17.1 Å². The van der Waals surface area contributed by atoms with Crippen molar-refractivity contribution in [1.82, 2.24) is 25.2 Å². The van der Waals surface area contributed by atoms with Crippen molar-refractivity contribution in [3.05, 3.63) is 58.7 Å². The number of aliphatic hydroxyl groups is 1. The SMILES string of the molecule is CNC1CCCN(C(=O)c2cc(-c3ccc(C#N)c(F)c3)c(-c3ccc4c(c3)nnn4CC(C)(C)O)s2)C1. The topological polar surface area (TPSA) is 107 Å². The standard InChI is InChI=1S/C28H29FN6O2S/c1-28(2,37)16-35-24-9-8-18(12-23(24)32-33-35)26-21(17-6-7-19(14-30)22(29)11-17)13-25(38-26)27(36)34-10-4-5-20(15-34)31-3/h6-9,11-13,20,31,37H,4-5,10,15-16H2,1-3H3. The molecule has 2 N–H and O–H groups in total. The number of fused-ring (bicyclic) bond motifs is 1. The Morgan fingerprint density at radius 2 is 2.05 bits per heavy atom. The summed E-state index contributed by atoms with van der Waals surface area (Å²) in [7, 11) is 1.91. The minimum atomic E-state index is -0.949. The van der Waals surface area contributed by atoms with Crippen LogP contribution in [0.15, 0.2) is 42.5 Å². The molecule has 0 spiro atoms. The molecule has 38 heavy (non-hydrogen) atoms. The minimum absolute atomic E-state index is 0.0295. The highest BCUT2D eigenvalue weighted by Gasteiger charge is 2.27. The van der Waals surface area contributed by atoms with Gasteiger partial charge in [0.1, 0.15) is 17.4 Å². The number of carbonyl (C=O) groups is 1. The molecule has 1 fully saturated rings. The van der Waals surface area contributed by atoms with Gasteiger partial charge < -0.3 is 15.3 Å². The maximum absolute atomic E-state index is 14.6. The number of nitriles is 1. The number of likely N-dealkylation sites (tertiary alicyclic amines) is 1. The highest BCUT2D eigenvalue weighted by atomic mass is 32.1. The van der Waals surface area contributed by atoms with Crippen molar-refractivity contribution < 1.29 is 14.3 Å². The minimum Gasteiger partial charge on any atom is -0.389 e. The molecule has 1 amide bonds. The lowest BCUT2D eigenvalue weighted by Crippen LogP contribution is -2.46. The molecule has 0 saturated carbocycles. The first-order valence-electron chi connectivity index (χ1n) is 12.5. The summed E-state index contributed by atoms with van der Waals surface area (Å²) in [6.45, 7) is 5.05.